The number of hydrogen-bond donors (Lipinski definition) is 2. The number of hydrogen-bond acceptors (Lipinski definition) is 5. The number of fused-ring (bicyclic) bond motifs is 9. The second kappa shape index (κ2) is 11.4. The van der Waals surface area contributed by atoms with Crippen LogP contribution in [0.4, 0.5) is 0 Å². The van der Waals surface area contributed by atoms with Crippen LogP contribution < -0.4 is 10.6 Å². The van der Waals surface area contributed by atoms with Gasteiger partial charge in [-0.3, -0.25) is 5.32 Å². The molecule has 0 amide bonds. The van der Waals surface area contributed by atoms with Gasteiger partial charge in [0.2, 0.25) is 0 Å². The summed E-state index contributed by atoms with van der Waals surface area (Å²) in [4.78, 5) is 5.27. The van der Waals surface area contributed by atoms with Gasteiger partial charge in [0.05, 0.1) is 0 Å². The van der Waals surface area contributed by atoms with E-state index < -0.39 is 0 Å². The molecule has 246 valence electrons. The summed E-state index contributed by atoms with van der Waals surface area (Å²) < 4.78 is 12.8. The molecule has 5 heteroatoms. The molecule has 8 aromatic carbocycles. The smallest absolute Gasteiger partial charge is 0.136 e. The minimum absolute atomic E-state index is 0.261. The number of rotatable bonds is 4. The Balaban J connectivity index is 1.07. The molecule has 0 fully saturated rings. The van der Waals surface area contributed by atoms with Gasteiger partial charge in [-0.25, -0.2) is 4.99 Å². The normalized spacial score (nSPS) is 16.3. The van der Waals surface area contributed by atoms with E-state index in [1.165, 1.54) is 21.5 Å². The Bertz CT molecular complexity index is 3050. The van der Waals surface area contributed by atoms with Gasteiger partial charge in [-0.15, -0.1) is 0 Å². The summed E-state index contributed by atoms with van der Waals surface area (Å²) >= 11 is 0. The van der Waals surface area contributed by atoms with Crippen LogP contribution in [0, 0.1) is 0 Å². The van der Waals surface area contributed by atoms with Crippen molar-refractivity contribution in [3.63, 3.8) is 0 Å². The highest BCUT2D eigenvalue weighted by Crippen LogP contribution is 2.42. The molecule has 0 bridgehead atoms. The van der Waals surface area contributed by atoms with Crippen molar-refractivity contribution in [1.29, 1.82) is 0 Å². The fraction of sp³-hybridized carbons (Fsp3) is 0.0426. The summed E-state index contributed by atoms with van der Waals surface area (Å²) in [5, 5.41) is 16.9. The molecule has 5 nitrogen and oxygen atoms in total. The molecule has 1 aliphatic heterocycles. The van der Waals surface area contributed by atoms with E-state index in [1.54, 1.807) is 0 Å². The van der Waals surface area contributed by atoms with Gasteiger partial charge in [-0.1, -0.05) is 127 Å². The number of nitrogens with zero attached hydrogens (tertiary/aromatic N) is 1. The molecule has 0 saturated carbocycles. The van der Waals surface area contributed by atoms with Gasteiger partial charge in [0, 0.05) is 32.7 Å². The van der Waals surface area contributed by atoms with Crippen molar-refractivity contribution in [3.8, 4) is 11.1 Å². The third-order valence-electron chi connectivity index (χ3n) is 10.6. The first-order chi connectivity index (χ1) is 25.7. The van der Waals surface area contributed by atoms with Gasteiger partial charge in [0.1, 0.15) is 40.5 Å². The Morgan fingerprint density at radius 2 is 1.15 bits per heavy atom. The first kappa shape index (κ1) is 29.1. The van der Waals surface area contributed by atoms with E-state index in [0.29, 0.717) is 0 Å². The molecule has 52 heavy (non-hydrogen) atoms. The van der Waals surface area contributed by atoms with Crippen LogP contribution in [-0.4, -0.2) is 5.84 Å². The lowest BCUT2D eigenvalue weighted by Crippen LogP contribution is -2.45. The van der Waals surface area contributed by atoms with Crippen LogP contribution >= 0.6 is 0 Å². The summed E-state index contributed by atoms with van der Waals surface area (Å²) in [6, 6.07) is 57.4. The van der Waals surface area contributed by atoms with Crippen LogP contribution in [0.1, 0.15) is 29.0 Å². The van der Waals surface area contributed by atoms with Crippen LogP contribution in [0.2, 0.25) is 0 Å². The van der Waals surface area contributed by atoms with E-state index >= 15 is 0 Å². The predicted molar refractivity (Wildman–Crippen MR) is 213 cm³/mol. The summed E-state index contributed by atoms with van der Waals surface area (Å²) in [7, 11) is 0. The van der Waals surface area contributed by atoms with Crippen molar-refractivity contribution < 1.29 is 8.83 Å². The standard InChI is InChI=1S/C47H31N3O2/c1-2-11-29(12-3-1)45-48-46(32-22-24-34-30(26-32)21-20-28-10-4-5-13-33(28)34)50-47(49-45)37-16-9-19-42-44(37)43-35(15-8-18-41(43)52-42)31-23-25-40-38(27-31)36-14-6-7-17-39(36)51-40/h1-27,45,47,49H,(H,48,50). The van der Waals surface area contributed by atoms with Gasteiger partial charge in [-0.05, 0) is 74.6 Å². The van der Waals surface area contributed by atoms with Crippen LogP contribution in [0.15, 0.2) is 178 Å². The number of benzene rings is 8. The van der Waals surface area contributed by atoms with Crippen molar-refractivity contribution in [3.05, 3.63) is 180 Å². The molecule has 10 aromatic rings. The molecule has 3 heterocycles. The van der Waals surface area contributed by atoms with Crippen molar-refractivity contribution in [2.45, 2.75) is 12.3 Å². The molecule has 0 aliphatic carbocycles. The predicted octanol–water partition coefficient (Wildman–Crippen LogP) is 11.8. The average Bonchev–Trinajstić information content (AvgIpc) is 3.79. The molecule has 0 saturated heterocycles. The van der Waals surface area contributed by atoms with Crippen LogP contribution in [0.5, 0.6) is 0 Å². The van der Waals surface area contributed by atoms with Gasteiger partial charge in [0.25, 0.3) is 0 Å². The lowest BCUT2D eigenvalue weighted by Gasteiger charge is -2.32. The zero-order valence-electron chi connectivity index (χ0n) is 28.0. The highest BCUT2D eigenvalue weighted by atomic mass is 16.3. The zero-order chi connectivity index (χ0) is 34.2. The Hall–Kier alpha value is -6.69. The number of amidine groups is 1. The van der Waals surface area contributed by atoms with Gasteiger partial charge >= 0.3 is 0 Å². The van der Waals surface area contributed by atoms with Gasteiger partial charge in [-0.2, -0.15) is 0 Å². The van der Waals surface area contributed by atoms with Crippen molar-refractivity contribution in [2.24, 2.45) is 4.99 Å². The first-order valence-electron chi connectivity index (χ1n) is 17.7. The van der Waals surface area contributed by atoms with Gasteiger partial charge < -0.3 is 14.2 Å². The lowest BCUT2D eigenvalue weighted by atomic mass is 9.95. The Morgan fingerprint density at radius 3 is 2.08 bits per heavy atom. The number of aliphatic imine (C=N–C) groups is 1. The minimum Gasteiger partial charge on any atom is -0.456 e. The summed E-state index contributed by atoms with van der Waals surface area (Å²) in [6.45, 7) is 0. The molecule has 11 rings (SSSR count). The van der Waals surface area contributed by atoms with E-state index in [0.717, 1.165) is 77.5 Å². The molecule has 2 N–H and O–H groups in total. The Labute approximate surface area is 298 Å². The summed E-state index contributed by atoms with van der Waals surface area (Å²) in [6.07, 6.45) is -0.526. The van der Waals surface area contributed by atoms with E-state index in [9.17, 15) is 0 Å². The first-order valence-corrected chi connectivity index (χ1v) is 17.7. The monoisotopic (exact) mass is 669 g/mol. The average molecular weight is 670 g/mol. The lowest BCUT2D eigenvalue weighted by molar-refractivity contribution is 0.411. The van der Waals surface area contributed by atoms with E-state index in [2.05, 4.69) is 156 Å². The molecule has 2 unspecified atom stereocenters. The second-order valence-electron chi connectivity index (χ2n) is 13.6. The fourth-order valence-electron chi connectivity index (χ4n) is 8.10. The third-order valence-corrected chi connectivity index (χ3v) is 10.6. The van der Waals surface area contributed by atoms with E-state index in [1.807, 2.05) is 18.2 Å². The van der Waals surface area contributed by atoms with Crippen LogP contribution in [0.25, 0.3) is 76.5 Å². The maximum absolute atomic E-state index is 6.59. The maximum Gasteiger partial charge on any atom is 0.136 e. The third kappa shape index (κ3) is 4.57. The fourth-order valence-corrected chi connectivity index (χ4v) is 8.10. The largest absolute Gasteiger partial charge is 0.456 e. The minimum atomic E-state index is -0.264. The molecular formula is C47H31N3O2. The highest BCUT2D eigenvalue weighted by Gasteiger charge is 2.28. The summed E-state index contributed by atoms with van der Waals surface area (Å²) in [5.41, 5.74) is 8.93. The maximum atomic E-state index is 6.59. The molecule has 1 aliphatic rings. The van der Waals surface area contributed by atoms with Crippen molar-refractivity contribution in [2.75, 3.05) is 0 Å². The number of para-hydroxylation sites is 1. The molecule has 0 radical (unpaired) electrons. The van der Waals surface area contributed by atoms with E-state index in [4.69, 9.17) is 13.8 Å². The number of furan rings is 2. The number of nitrogens with one attached hydrogen (secondary N) is 2. The van der Waals surface area contributed by atoms with Crippen molar-refractivity contribution in [1.82, 2.24) is 10.6 Å². The van der Waals surface area contributed by atoms with Crippen LogP contribution in [-0.2, 0) is 0 Å². The zero-order valence-corrected chi connectivity index (χ0v) is 28.0. The molecular weight excluding hydrogens is 639 g/mol. The summed E-state index contributed by atoms with van der Waals surface area (Å²) in [5.74, 6) is 0.843. The Kier molecular flexibility index (Phi) is 6.39. The Morgan fingerprint density at radius 1 is 0.462 bits per heavy atom. The molecule has 2 atom stereocenters. The topological polar surface area (TPSA) is 62.7 Å². The van der Waals surface area contributed by atoms with Gasteiger partial charge in [0.15, 0.2) is 0 Å². The highest BCUT2D eigenvalue weighted by molar-refractivity contribution is 6.16. The van der Waals surface area contributed by atoms with Crippen molar-refractivity contribution >= 4 is 71.3 Å². The SMILES string of the molecule is c1ccc(C2N=C(c3ccc4c(ccc5ccccc54)c3)NC(c3cccc4oc5cccc(-c6ccc7oc8ccccc8c7c6)c5c34)N2)cc1. The van der Waals surface area contributed by atoms with E-state index in [-0.39, 0.29) is 12.3 Å². The molecule has 0 spiro atoms. The van der Waals surface area contributed by atoms with Crippen LogP contribution in [0.3, 0.4) is 0 Å². The second-order valence-corrected chi connectivity index (χ2v) is 13.6. The quantitative estimate of drug-likeness (QED) is 0.183. The molecule has 2 aromatic heterocycles.